The molecule has 4 rings (SSSR count). The van der Waals surface area contributed by atoms with Crippen molar-refractivity contribution in [3.63, 3.8) is 0 Å². The number of carbonyl (C=O) groups excluding carboxylic acids is 2. The summed E-state index contributed by atoms with van der Waals surface area (Å²) in [6, 6.07) is 9.35. The predicted octanol–water partition coefficient (Wildman–Crippen LogP) is 1.77. The van der Waals surface area contributed by atoms with Crippen molar-refractivity contribution in [2.75, 3.05) is 16.8 Å². The fourth-order valence-electron chi connectivity index (χ4n) is 2.97. The summed E-state index contributed by atoms with van der Waals surface area (Å²) in [4.78, 5) is 26.4. The number of hydrogen-bond acceptors (Lipinski definition) is 6. The zero-order valence-corrected chi connectivity index (χ0v) is 14.9. The van der Waals surface area contributed by atoms with Gasteiger partial charge in [0.2, 0.25) is 11.8 Å². The molecule has 9 heteroatoms. The van der Waals surface area contributed by atoms with Crippen molar-refractivity contribution in [1.82, 2.24) is 20.0 Å². The Labute approximate surface area is 155 Å². The fourth-order valence-corrected chi connectivity index (χ4v) is 2.97. The lowest BCUT2D eigenvalue weighted by Gasteiger charge is -2.16. The largest absolute Gasteiger partial charge is 0.401 e. The van der Waals surface area contributed by atoms with Gasteiger partial charge in [0.1, 0.15) is 5.69 Å². The van der Waals surface area contributed by atoms with Crippen LogP contribution in [0.3, 0.4) is 0 Å². The number of anilines is 2. The molecule has 1 N–H and O–H groups in total. The standard InChI is InChI=1S/C18H18N6O3/c1-11-3-5-13(6-4-11)24-10-12(9-15(24)25)16(26)19-18-21-20-17(27-18)14-7-8-23(2)22-14/h3-8,12H,9-10H2,1-2H3,(H,19,21,26). The van der Waals surface area contributed by atoms with Gasteiger partial charge < -0.3 is 9.32 Å². The highest BCUT2D eigenvalue weighted by Gasteiger charge is 2.35. The molecule has 0 aliphatic carbocycles. The number of nitrogens with zero attached hydrogens (tertiary/aromatic N) is 5. The van der Waals surface area contributed by atoms with E-state index in [0.29, 0.717) is 12.2 Å². The molecule has 2 amide bonds. The maximum atomic E-state index is 12.5. The smallest absolute Gasteiger partial charge is 0.322 e. The van der Waals surface area contributed by atoms with E-state index in [1.807, 2.05) is 31.2 Å². The zero-order chi connectivity index (χ0) is 19.0. The molecule has 138 valence electrons. The second kappa shape index (κ2) is 6.67. The Bertz CT molecular complexity index is 991. The lowest BCUT2D eigenvalue weighted by atomic mass is 10.1. The summed E-state index contributed by atoms with van der Waals surface area (Å²) in [7, 11) is 1.78. The minimum absolute atomic E-state index is 0.0121. The van der Waals surface area contributed by atoms with Crippen molar-refractivity contribution in [2.24, 2.45) is 13.0 Å². The third-order valence-electron chi connectivity index (χ3n) is 4.43. The number of aryl methyl sites for hydroxylation is 2. The predicted molar refractivity (Wildman–Crippen MR) is 96.8 cm³/mol. The summed E-state index contributed by atoms with van der Waals surface area (Å²) in [6.07, 6.45) is 1.89. The molecule has 1 aromatic carbocycles. The molecule has 1 aliphatic rings. The first kappa shape index (κ1) is 17.0. The molecule has 1 fully saturated rings. The van der Waals surface area contributed by atoms with E-state index in [0.717, 1.165) is 11.3 Å². The van der Waals surface area contributed by atoms with Gasteiger partial charge in [-0.25, -0.2) is 0 Å². The monoisotopic (exact) mass is 366 g/mol. The number of benzene rings is 1. The maximum absolute atomic E-state index is 12.5. The highest BCUT2D eigenvalue weighted by atomic mass is 16.4. The van der Waals surface area contributed by atoms with Crippen molar-refractivity contribution in [3.8, 4) is 11.6 Å². The minimum atomic E-state index is -0.482. The first-order valence-electron chi connectivity index (χ1n) is 8.51. The van der Waals surface area contributed by atoms with E-state index in [4.69, 9.17) is 4.42 Å². The Hall–Kier alpha value is -3.49. The van der Waals surface area contributed by atoms with Crippen molar-refractivity contribution in [1.29, 1.82) is 0 Å². The van der Waals surface area contributed by atoms with E-state index >= 15 is 0 Å². The quantitative estimate of drug-likeness (QED) is 0.754. The van der Waals surface area contributed by atoms with Crippen LogP contribution >= 0.6 is 0 Å². The van der Waals surface area contributed by atoms with Gasteiger partial charge >= 0.3 is 6.01 Å². The van der Waals surface area contributed by atoms with Gasteiger partial charge in [-0.2, -0.15) is 5.10 Å². The zero-order valence-electron chi connectivity index (χ0n) is 14.9. The minimum Gasteiger partial charge on any atom is -0.401 e. The molecular weight excluding hydrogens is 348 g/mol. The molecule has 0 spiro atoms. The molecule has 0 radical (unpaired) electrons. The van der Waals surface area contributed by atoms with Crippen LogP contribution in [-0.4, -0.2) is 38.3 Å². The van der Waals surface area contributed by atoms with E-state index in [2.05, 4.69) is 20.6 Å². The topological polar surface area (TPSA) is 106 Å². The highest BCUT2D eigenvalue weighted by molar-refractivity contribution is 6.03. The first-order valence-corrected chi connectivity index (χ1v) is 8.51. The number of nitrogens with one attached hydrogen (secondary N) is 1. The lowest BCUT2D eigenvalue weighted by Crippen LogP contribution is -2.28. The van der Waals surface area contributed by atoms with Gasteiger partial charge in [0.15, 0.2) is 0 Å². The molecule has 3 aromatic rings. The molecule has 27 heavy (non-hydrogen) atoms. The normalized spacial score (nSPS) is 16.7. The lowest BCUT2D eigenvalue weighted by molar-refractivity contribution is -0.122. The van der Waals surface area contributed by atoms with E-state index in [1.54, 1.807) is 28.9 Å². The number of aromatic nitrogens is 4. The summed E-state index contributed by atoms with van der Waals surface area (Å²) in [6.45, 7) is 2.30. The Balaban J connectivity index is 1.42. The SMILES string of the molecule is Cc1ccc(N2CC(C(=O)Nc3nnc(-c4ccn(C)n4)o3)CC2=O)cc1. The second-order valence-corrected chi connectivity index (χ2v) is 6.52. The van der Waals surface area contributed by atoms with Crippen LogP contribution in [0.15, 0.2) is 40.9 Å². The van der Waals surface area contributed by atoms with E-state index < -0.39 is 5.92 Å². The van der Waals surface area contributed by atoms with Gasteiger partial charge in [0.25, 0.3) is 5.89 Å². The molecule has 1 atom stereocenters. The van der Waals surface area contributed by atoms with Crippen LogP contribution in [0.1, 0.15) is 12.0 Å². The third kappa shape index (κ3) is 3.43. The second-order valence-electron chi connectivity index (χ2n) is 6.52. The van der Waals surface area contributed by atoms with Crippen LogP contribution < -0.4 is 10.2 Å². The number of amides is 2. The molecule has 9 nitrogen and oxygen atoms in total. The Morgan fingerprint density at radius 1 is 1.22 bits per heavy atom. The van der Waals surface area contributed by atoms with Crippen LogP contribution in [0.5, 0.6) is 0 Å². The summed E-state index contributed by atoms with van der Waals surface area (Å²) < 4.78 is 7.05. The molecule has 3 heterocycles. The van der Waals surface area contributed by atoms with Gasteiger partial charge in [-0.3, -0.25) is 19.6 Å². The fraction of sp³-hybridized carbons (Fsp3) is 0.278. The van der Waals surface area contributed by atoms with Gasteiger partial charge in [0.05, 0.1) is 5.92 Å². The molecule has 1 aliphatic heterocycles. The van der Waals surface area contributed by atoms with Crippen molar-refractivity contribution in [2.45, 2.75) is 13.3 Å². The Kier molecular flexibility index (Phi) is 4.19. The van der Waals surface area contributed by atoms with Crippen LogP contribution in [0.4, 0.5) is 11.7 Å². The molecular formula is C18H18N6O3. The summed E-state index contributed by atoms with van der Waals surface area (Å²) in [5, 5.41) is 14.5. The van der Waals surface area contributed by atoms with Crippen LogP contribution in [0, 0.1) is 12.8 Å². The van der Waals surface area contributed by atoms with Crippen LogP contribution in [-0.2, 0) is 16.6 Å². The number of rotatable bonds is 4. The Morgan fingerprint density at radius 2 is 2.00 bits per heavy atom. The average molecular weight is 366 g/mol. The molecule has 2 aromatic heterocycles. The van der Waals surface area contributed by atoms with Gasteiger partial charge in [-0.1, -0.05) is 22.8 Å². The summed E-state index contributed by atoms with van der Waals surface area (Å²) in [5.74, 6) is -0.674. The van der Waals surface area contributed by atoms with Gasteiger partial charge in [-0.15, -0.1) is 5.10 Å². The molecule has 0 bridgehead atoms. The van der Waals surface area contributed by atoms with E-state index in [9.17, 15) is 9.59 Å². The highest BCUT2D eigenvalue weighted by Crippen LogP contribution is 2.26. The van der Waals surface area contributed by atoms with Gasteiger partial charge in [0, 0.05) is 31.9 Å². The van der Waals surface area contributed by atoms with E-state index in [-0.39, 0.29) is 30.1 Å². The number of carbonyl (C=O) groups is 2. The van der Waals surface area contributed by atoms with Crippen molar-refractivity contribution < 1.29 is 14.0 Å². The van der Waals surface area contributed by atoms with Crippen LogP contribution in [0.2, 0.25) is 0 Å². The third-order valence-corrected chi connectivity index (χ3v) is 4.43. The van der Waals surface area contributed by atoms with Crippen LogP contribution in [0.25, 0.3) is 11.6 Å². The van der Waals surface area contributed by atoms with Crippen molar-refractivity contribution in [3.05, 3.63) is 42.1 Å². The molecule has 0 saturated carbocycles. The van der Waals surface area contributed by atoms with E-state index in [1.165, 1.54) is 0 Å². The number of hydrogen-bond donors (Lipinski definition) is 1. The maximum Gasteiger partial charge on any atom is 0.322 e. The molecule has 1 unspecified atom stereocenters. The molecule has 1 saturated heterocycles. The summed E-state index contributed by atoms with van der Waals surface area (Å²) in [5.41, 5.74) is 2.42. The van der Waals surface area contributed by atoms with Gasteiger partial charge in [-0.05, 0) is 25.1 Å². The summed E-state index contributed by atoms with van der Waals surface area (Å²) >= 11 is 0. The van der Waals surface area contributed by atoms with Crippen molar-refractivity contribution >= 4 is 23.5 Å². The first-order chi connectivity index (χ1) is 13.0. The Morgan fingerprint density at radius 3 is 2.70 bits per heavy atom. The average Bonchev–Trinajstić information content (AvgIpc) is 3.36.